The maximum Gasteiger partial charge on any atom is 0.431 e. The van der Waals surface area contributed by atoms with E-state index >= 15 is 0 Å². The lowest BCUT2D eigenvalue weighted by Gasteiger charge is -2.40. The molecule has 1 saturated carbocycles. The van der Waals surface area contributed by atoms with Crippen molar-refractivity contribution < 1.29 is 36.9 Å². The van der Waals surface area contributed by atoms with Gasteiger partial charge >= 0.3 is 6.18 Å². The lowest BCUT2D eigenvalue weighted by molar-refractivity contribution is -0.230. The molecule has 11 heteroatoms. The third kappa shape index (κ3) is 5.11. The summed E-state index contributed by atoms with van der Waals surface area (Å²) in [5.41, 5.74) is 1.37. The zero-order chi connectivity index (χ0) is 24.5. The Bertz CT molecular complexity index is 1090. The third-order valence-corrected chi connectivity index (χ3v) is 5.95. The molecule has 1 aromatic carbocycles. The molecule has 8 nitrogen and oxygen atoms in total. The minimum atomic E-state index is -4.84. The Labute approximate surface area is 193 Å². The number of hydrogen-bond donors (Lipinski definition) is 2. The van der Waals surface area contributed by atoms with E-state index in [9.17, 15) is 22.8 Å². The molecule has 34 heavy (non-hydrogen) atoms. The summed E-state index contributed by atoms with van der Waals surface area (Å²) in [6.45, 7) is 1.44. The van der Waals surface area contributed by atoms with Crippen LogP contribution in [0.5, 0.6) is 5.75 Å². The number of aromatic amines is 1. The van der Waals surface area contributed by atoms with Gasteiger partial charge in [0.15, 0.2) is 0 Å². The molecule has 1 aliphatic heterocycles. The van der Waals surface area contributed by atoms with Crippen molar-refractivity contribution in [2.45, 2.75) is 30.7 Å². The Morgan fingerprint density at radius 2 is 1.97 bits per heavy atom. The number of aromatic nitrogens is 1. The van der Waals surface area contributed by atoms with E-state index in [0.717, 1.165) is 18.9 Å². The quantitative estimate of drug-likeness (QED) is 0.598. The predicted octanol–water partition coefficient (Wildman–Crippen LogP) is 2.75. The summed E-state index contributed by atoms with van der Waals surface area (Å²) in [4.78, 5) is 25.0. The second-order valence-corrected chi connectivity index (χ2v) is 8.53. The summed E-state index contributed by atoms with van der Waals surface area (Å²) in [6, 6.07) is 6.65. The van der Waals surface area contributed by atoms with Gasteiger partial charge in [-0.1, -0.05) is 12.1 Å². The van der Waals surface area contributed by atoms with Gasteiger partial charge in [-0.15, -0.1) is 0 Å². The maximum absolute atomic E-state index is 13.5. The van der Waals surface area contributed by atoms with Crippen LogP contribution in [0.2, 0.25) is 0 Å². The van der Waals surface area contributed by atoms with Crippen LogP contribution in [0.25, 0.3) is 11.1 Å². The minimum absolute atomic E-state index is 0.128. The topological polar surface area (TPSA) is 113 Å². The van der Waals surface area contributed by atoms with Gasteiger partial charge in [-0.05, 0) is 42.5 Å². The molecule has 184 valence electrons. The van der Waals surface area contributed by atoms with Crippen LogP contribution in [-0.2, 0) is 20.4 Å². The van der Waals surface area contributed by atoms with Crippen molar-refractivity contribution in [1.29, 1.82) is 0 Å². The summed E-state index contributed by atoms with van der Waals surface area (Å²) < 4.78 is 63.6. The number of H-pyrrole nitrogens is 1. The number of carbonyl (C=O) groups is 1. The molecule has 2 atom stereocenters. The highest BCUT2D eigenvalue weighted by atomic mass is 19.4. The van der Waals surface area contributed by atoms with Gasteiger partial charge in [0.05, 0.1) is 19.8 Å². The zero-order valence-electron chi connectivity index (χ0n) is 18.4. The Hall–Kier alpha value is -2.89. The van der Waals surface area contributed by atoms with E-state index in [-0.39, 0.29) is 23.8 Å². The number of nitrogens with one attached hydrogen (secondary N) is 1. The molecule has 2 heterocycles. The Morgan fingerprint density at radius 3 is 2.56 bits per heavy atom. The molecule has 0 spiro atoms. The van der Waals surface area contributed by atoms with Gasteiger partial charge in [0.2, 0.25) is 0 Å². The van der Waals surface area contributed by atoms with Crippen molar-refractivity contribution in [3.63, 3.8) is 0 Å². The lowest BCUT2D eigenvalue weighted by atomic mass is 9.98. The molecule has 1 saturated heterocycles. The molecular formula is C23H25F3N2O6. The van der Waals surface area contributed by atoms with E-state index in [1.807, 2.05) is 0 Å². The Kier molecular flexibility index (Phi) is 6.70. The number of primary amides is 1. The highest BCUT2D eigenvalue weighted by Crippen LogP contribution is 2.44. The van der Waals surface area contributed by atoms with Gasteiger partial charge in [0, 0.05) is 12.7 Å². The zero-order valence-corrected chi connectivity index (χ0v) is 18.4. The summed E-state index contributed by atoms with van der Waals surface area (Å²) >= 11 is 0. The van der Waals surface area contributed by atoms with Gasteiger partial charge in [-0.25, -0.2) is 0 Å². The fourth-order valence-corrected chi connectivity index (χ4v) is 4.19. The lowest BCUT2D eigenvalue weighted by Crippen LogP contribution is -2.53. The second-order valence-electron chi connectivity index (χ2n) is 8.53. The van der Waals surface area contributed by atoms with E-state index in [1.165, 1.54) is 24.3 Å². The first-order valence-electron chi connectivity index (χ1n) is 10.7. The minimum Gasteiger partial charge on any atom is -0.491 e. The third-order valence-electron chi connectivity index (χ3n) is 5.95. The molecule has 2 aliphatic rings. The van der Waals surface area contributed by atoms with Crippen LogP contribution in [0.1, 0.15) is 28.9 Å². The summed E-state index contributed by atoms with van der Waals surface area (Å²) in [5, 5.41) is 0. The summed E-state index contributed by atoms with van der Waals surface area (Å²) in [5.74, 6) is -0.323. The molecule has 4 rings (SSSR count). The molecule has 1 aliphatic carbocycles. The average molecular weight is 482 g/mol. The van der Waals surface area contributed by atoms with Crippen LogP contribution in [0.3, 0.4) is 0 Å². The molecule has 0 bridgehead atoms. The standard InChI is InChI=1S/C23H25F3N2O6/c1-31-11-22(14-4-5-14)12-32-9-16(34-22)10-33-15-6-2-13(3-7-15)17-8-18(20(27)29)21(30)28-19(17)23(24,25)26/h2-3,6-8,14,16H,4-5,9-12H2,1H3,(H2,27,29)(H,28,30)/t16-,22+/m0/s1. The fraction of sp³-hybridized carbons (Fsp3) is 0.478. The van der Waals surface area contributed by atoms with Crippen LogP contribution in [0.15, 0.2) is 35.1 Å². The number of pyridine rings is 1. The van der Waals surface area contributed by atoms with Crippen molar-refractivity contribution >= 4 is 5.91 Å². The number of rotatable bonds is 8. The van der Waals surface area contributed by atoms with Crippen molar-refractivity contribution in [3.8, 4) is 16.9 Å². The maximum atomic E-state index is 13.5. The Morgan fingerprint density at radius 1 is 1.26 bits per heavy atom. The first-order valence-corrected chi connectivity index (χ1v) is 10.7. The number of benzene rings is 1. The number of halogens is 3. The Balaban J connectivity index is 1.49. The normalized spacial score (nSPS) is 23.0. The molecule has 0 radical (unpaired) electrons. The summed E-state index contributed by atoms with van der Waals surface area (Å²) in [7, 11) is 1.62. The molecule has 1 aromatic heterocycles. The van der Waals surface area contributed by atoms with Gasteiger partial charge < -0.3 is 29.7 Å². The van der Waals surface area contributed by atoms with E-state index in [2.05, 4.69) is 0 Å². The van der Waals surface area contributed by atoms with Crippen LogP contribution in [-0.4, -0.2) is 56.1 Å². The smallest absolute Gasteiger partial charge is 0.431 e. The van der Waals surface area contributed by atoms with Crippen molar-refractivity contribution in [2.75, 3.05) is 33.5 Å². The highest BCUT2D eigenvalue weighted by Gasteiger charge is 2.50. The van der Waals surface area contributed by atoms with Crippen LogP contribution in [0.4, 0.5) is 13.2 Å². The van der Waals surface area contributed by atoms with Gasteiger partial charge in [0.25, 0.3) is 11.5 Å². The first kappa shape index (κ1) is 24.2. The largest absolute Gasteiger partial charge is 0.491 e. The van der Waals surface area contributed by atoms with E-state index in [0.29, 0.717) is 31.5 Å². The summed E-state index contributed by atoms with van der Waals surface area (Å²) in [6.07, 6.45) is -3.04. The van der Waals surface area contributed by atoms with Crippen LogP contribution in [0, 0.1) is 5.92 Å². The average Bonchev–Trinajstić information content (AvgIpc) is 3.64. The second kappa shape index (κ2) is 9.40. The molecular weight excluding hydrogens is 457 g/mol. The molecule has 3 N–H and O–H groups in total. The molecule has 0 unspecified atom stereocenters. The van der Waals surface area contributed by atoms with Gasteiger partial charge in [0.1, 0.15) is 35.3 Å². The molecule has 1 amide bonds. The van der Waals surface area contributed by atoms with Crippen LogP contribution >= 0.6 is 0 Å². The van der Waals surface area contributed by atoms with E-state index in [1.54, 1.807) is 12.1 Å². The van der Waals surface area contributed by atoms with Crippen molar-refractivity contribution in [1.82, 2.24) is 4.98 Å². The number of alkyl halides is 3. The van der Waals surface area contributed by atoms with Crippen molar-refractivity contribution in [3.05, 3.63) is 51.9 Å². The number of hydrogen-bond acceptors (Lipinski definition) is 6. The SMILES string of the molecule is COC[C@]1(C2CC2)COC[C@@H](COc2ccc(-c3cc(C(N)=O)c(=O)[nH]c3C(F)(F)F)cc2)O1. The van der Waals surface area contributed by atoms with Gasteiger partial charge in [-0.3, -0.25) is 9.59 Å². The van der Waals surface area contributed by atoms with Gasteiger partial charge in [-0.2, -0.15) is 13.2 Å². The fourth-order valence-electron chi connectivity index (χ4n) is 4.19. The number of carbonyl (C=O) groups excluding carboxylic acids is 1. The molecule has 2 aromatic rings. The first-order chi connectivity index (χ1) is 16.1. The number of nitrogens with two attached hydrogens (primary N) is 1. The van der Waals surface area contributed by atoms with E-state index < -0.39 is 34.5 Å². The number of amides is 1. The monoisotopic (exact) mass is 482 g/mol. The van der Waals surface area contributed by atoms with Crippen molar-refractivity contribution in [2.24, 2.45) is 11.7 Å². The predicted molar refractivity (Wildman–Crippen MR) is 115 cm³/mol. The number of methoxy groups -OCH3 is 1. The molecule has 2 fully saturated rings. The highest BCUT2D eigenvalue weighted by molar-refractivity contribution is 5.94. The number of ether oxygens (including phenoxy) is 4. The van der Waals surface area contributed by atoms with E-state index in [4.69, 9.17) is 24.7 Å². The van der Waals surface area contributed by atoms with Crippen LogP contribution < -0.4 is 16.0 Å².